The van der Waals surface area contributed by atoms with Gasteiger partial charge in [0.05, 0.1) is 11.4 Å². The van der Waals surface area contributed by atoms with E-state index >= 15 is 0 Å². The van der Waals surface area contributed by atoms with Crippen LogP contribution in [0, 0.1) is 0 Å². The standard InChI is InChI=1S/C8H7ClF2N2O2/c9-4-2-5(12)13-7(8(10)11)3(4)1-6(14)15/h2,8H,1H2,(H2,12,13)(H,14,15). The second-order valence-corrected chi connectivity index (χ2v) is 3.17. The van der Waals surface area contributed by atoms with Crippen LogP contribution in [0.2, 0.25) is 5.02 Å². The molecule has 0 amide bonds. The van der Waals surface area contributed by atoms with Crippen molar-refractivity contribution in [2.75, 3.05) is 5.73 Å². The molecule has 0 spiro atoms. The Hall–Kier alpha value is -1.43. The van der Waals surface area contributed by atoms with Crippen LogP contribution in [0.5, 0.6) is 0 Å². The maximum absolute atomic E-state index is 12.5. The summed E-state index contributed by atoms with van der Waals surface area (Å²) >= 11 is 5.61. The fourth-order valence-corrected chi connectivity index (χ4v) is 1.36. The number of hydrogen-bond donors (Lipinski definition) is 2. The van der Waals surface area contributed by atoms with Crippen molar-refractivity contribution in [1.29, 1.82) is 0 Å². The number of carbonyl (C=O) groups is 1. The monoisotopic (exact) mass is 236 g/mol. The van der Waals surface area contributed by atoms with Gasteiger partial charge in [-0.05, 0) is 6.07 Å². The molecule has 7 heteroatoms. The van der Waals surface area contributed by atoms with Crippen molar-refractivity contribution in [1.82, 2.24) is 4.98 Å². The number of halogens is 3. The summed E-state index contributed by atoms with van der Waals surface area (Å²) < 4.78 is 24.9. The Balaban J connectivity index is 3.26. The number of anilines is 1. The van der Waals surface area contributed by atoms with Gasteiger partial charge in [0.1, 0.15) is 11.5 Å². The zero-order valence-corrected chi connectivity index (χ0v) is 8.13. The van der Waals surface area contributed by atoms with Gasteiger partial charge in [-0.25, -0.2) is 13.8 Å². The first-order valence-electron chi connectivity index (χ1n) is 3.86. The van der Waals surface area contributed by atoms with Gasteiger partial charge in [-0.15, -0.1) is 0 Å². The van der Waals surface area contributed by atoms with Crippen LogP contribution >= 0.6 is 11.6 Å². The van der Waals surface area contributed by atoms with Crippen molar-refractivity contribution in [2.24, 2.45) is 0 Å². The van der Waals surface area contributed by atoms with Gasteiger partial charge >= 0.3 is 5.97 Å². The largest absolute Gasteiger partial charge is 0.481 e. The van der Waals surface area contributed by atoms with Crippen molar-refractivity contribution < 1.29 is 18.7 Å². The van der Waals surface area contributed by atoms with E-state index in [1.807, 2.05) is 0 Å². The molecule has 82 valence electrons. The molecule has 3 N–H and O–H groups in total. The van der Waals surface area contributed by atoms with E-state index in [1.165, 1.54) is 0 Å². The zero-order chi connectivity index (χ0) is 11.6. The summed E-state index contributed by atoms with van der Waals surface area (Å²) in [5.74, 6) is -1.42. The number of nitrogens with zero attached hydrogens (tertiary/aromatic N) is 1. The van der Waals surface area contributed by atoms with Gasteiger partial charge in [-0.2, -0.15) is 0 Å². The number of pyridine rings is 1. The van der Waals surface area contributed by atoms with E-state index in [9.17, 15) is 13.6 Å². The third-order valence-corrected chi connectivity index (χ3v) is 1.99. The topological polar surface area (TPSA) is 76.2 Å². The first-order valence-corrected chi connectivity index (χ1v) is 4.24. The van der Waals surface area contributed by atoms with Crippen molar-refractivity contribution in [3.63, 3.8) is 0 Å². The molecule has 0 bridgehead atoms. The van der Waals surface area contributed by atoms with E-state index in [2.05, 4.69) is 4.98 Å². The van der Waals surface area contributed by atoms with Gasteiger partial charge in [0.25, 0.3) is 6.43 Å². The molecule has 1 heterocycles. The minimum Gasteiger partial charge on any atom is -0.481 e. The van der Waals surface area contributed by atoms with Gasteiger partial charge in [-0.3, -0.25) is 4.79 Å². The normalized spacial score (nSPS) is 10.7. The molecule has 0 atom stereocenters. The van der Waals surface area contributed by atoms with E-state index in [1.54, 1.807) is 0 Å². The minimum absolute atomic E-state index is 0.111. The lowest BCUT2D eigenvalue weighted by atomic mass is 10.1. The Morgan fingerprint density at radius 2 is 2.27 bits per heavy atom. The van der Waals surface area contributed by atoms with Crippen LogP contribution in [0.3, 0.4) is 0 Å². The number of rotatable bonds is 3. The van der Waals surface area contributed by atoms with Crippen LogP contribution in [0.25, 0.3) is 0 Å². The van der Waals surface area contributed by atoms with Crippen LogP contribution in [-0.2, 0) is 11.2 Å². The molecule has 0 aliphatic carbocycles. The number of alkyl halides is 2. The van der Waals surface area contributed by atoms with Crippen molar-refractivity contribution in [2.45, 2.75) is 12.8 Å². The Bertz CT molecular complexity index is 398. The highest BCUT2D eigenvalue weighted by Gasteiger charge is 2.20. The first kappa shape index (κ1) is 11.6. The lowest BCUT2D eigenvalue weighted by Crippen LogP contribution is -2.08. The number of aliphatic carboxylic acids is 1. The Morgan fingerprint density at radius 3 is 2.73 bits per heavy atom. The van der Waals surface area contributed by atoms with Gasteiger partial charge in [0, 0.05) is 5.56 Å². The summed E-state index contributed by atoms with van der Waals surface area (Å²) in [4.78, 5) is 13.8. The molecule has 0 aliphatic rings. The number of carboxylic acid groups (broad SMARTS) is 1. The predicted octanol–water partition coefficient (Wildman–Crippen LogP) is 1.88. The molecule has 0 fully saturated rings. The van der Waals surface area contributed by atoms with E-state index in [0.29, 0.717) is 0 Å². The third-order valence-electron chi connectivity index (χ3n) is 1.66. The Morgan fingerprint density at radius 1 is 1.67 bits per heavy atom. The average Bonchev–Trinajstić information content (AvgIpc) is 2.08. The number of nitrogens with two attached hydrogens (primary N) is 1. The Kier molecular flexibility index (Phi) is 3.41. The Labute approximate surface area is 88.7 Å². The highest BCUT2D eigenvalue weighted by molar-refractivity contribution is 6.31. The van der Waals surface area contributed by atoms with E-state index in [-0.39, 0.29) is 16.4 Å². The summed E-state index contributed by atoms with van der Waals surface area (Å²) in [6, 6.07) is 1.14. The van der Waals surface area contributed by atoms with Crippen molar-refractivity contribution in [3.05, 3.63) is 22.3 Å². The van der Waals surface area contributed by atoms with Crippen LogP contribution in [0.15, 0.2) is 6.07 Å². The smallest absolute Gasteiger partial charge is 0.307 e. The van der Waals surface area contributed by atoms with E-state index in [4.69, 9.17) is 22.4 Å². The SMILES string of the molecule is Nc1cc(Cl)c(CC(=O)O)c(C(F)F)n1. The number of hydrogen-bond acceptors (Lipinski definition) is 3. The van der Waals surface area contributed by atoms with Gasteiger partial charge < -0.3 is 10.8 Å². The molecule has 0 radical (unpaired) electrons. The maximum atomic E-state index is 12.5. The summed E-state index contributed by atoms with van der Waals surface area (Å²) in [6.07, 6.45) is -3.51. The summed E-state index contributed by atoms with van der Waals surface area (Å²) in [7, 11) is 0. The van der Waals surface area contributed by atoms with Crippen LogP contribution in [0.1, 0.15) is 17.7 Å². The molecule has 1 aromatic heterocycles. The fourth-order valence-electron chi connectivity index (χ4n) is 1.08. The third kappa shape index (κ3) is 2.76. The van der Waals surface area contributed by atoms with Crippen LogP contribution in [0.4, 0.5) is 14.6 Å². The summed E-state index contributed by atoms with van der Waals surface area (Å²) in [6.45, 7) is 0. The molecule has 0 saturated carbocycles. The van der Waals surface area contributed by atoms with Gasteiger partial charge in [0.2, 0.25) is 0 Å². The lowest BCUT2D eigenvalue weighted by molar-refractivity contribution is -0.136. The average molecular weight is 237 g/mol. The second kappa shape index (κ2) is 4.39. The van der Waals surface area contributed by atoms with Crippen molar-refractivity contribution >= 4 is 23.4 Å². The number of carboxylic acids is 1. The predicted molar refractivity (Wildman–Crippen MR) is 50.0 cm³/mol. The fraction of sp³-hybridized carbons (Fsp3) is 0.250. The number of nitrogen functional groups attached to an aromatic ring is 1. The molecule has 0 saturated heterocycles. The van der Waals surface area contributed by atoms with Gasteiger partial charge in [-0.1, -0.05) is 11.6 Å². The number of aromatic nitrogens is 1. The van der Waals surface area contributed by atoms with Crippen LogP contribution in [-0.4, -0.2) is 16.1 Å². The quantitative estimate of drug-likeness (QED) is 0.840. The lowest BCUT2D eigenvalue weighted by Gasteiger charge is -2.08. The molecule has 1 rings (SSSR count). The molecule has 1 aromatic rings. The summed E-state index contributed by atoms with van der Waals surface area (Å²) in [5, 5.41) is 8.39. The minimum atomic E-state index is -2.90. The van der Waals surface area contributed by atoms with Gasteiger partial charge in [0.15, 0.2) is 0 Å². The highest BCUT2D eigenvalue weighted by Crippen LogP contribution is 2.28. The molecular formula is C8H7ClF2N2O2. The molecule has 0 aliphatic heterocycles. The molecule has 15 heavy (non-hydrogen) atoms. The van der Waals surface area contributed by atoms with E-state index in [0.717, 1.165) is 6.07 Å². The van der Waals surface area contributed by atoms with E-state index < -0.39 is 24.5 Å². The zero-order valence-electron chi connectivity index (χ0n) is 7.38. The highest BCUT2D eigenvalue weighted by atomic mass is 35.5. The second-order valence-electron chi connectivity index (χ2n) is 2.76. The molecule has 0 unspecified atom stereocenters. The van der Waals surface area contributed by atoms with Crippen LogP contribution < -0.4 is 5.73 Å². The first-order chi connectivity index (χ1) is 6.91. The molecule has 0 aromatic carbocycles. The summed E-state index contributed by atoms with van der Waals surface area (Å²) in [5.41, 5.74) is 4.34. The maximum Gasteiger partial charge on any atom is 0.307 e. The van der Waals surface area contributed by atoms with Crippen molar-refractivity contribution in [3.8, 4) is 0 Å². The molecular weight excluding hydrogens is 230 g/mol. The molecule has 4 nitrogen and oxygen atoms in total.